The molecule has 0 unspecified atom stereocenters. The standard InChI is InChI=1S/C25H19ClFNO4/c1-30-24-13-18-21(14-25(24)31-2)28-10-9-23(18)32-16-7-8-17(20(27)12-16)22(29)11-15-5-3-4-6-19(15)26/h3-10,12-14H,11H2,1-2H3. The fourth-order valence-electron chi connectivity index (χ4n) is 3.36. The first kappa shape index (κ1) is 21.6. The Morgan fingerprint density at radius 2 is 1.72 bits per heavy atom. The van der Waals surface area contributed by atoms with Crippen molar-refractivity contribution in [3.63, 3.8) is 0 Å². The van der Waals surface area contributed by atoms with Crippen molar-refractivity contribution in [2.24, 2.45) is 0 Å². The summed E-state index contributed by atoms with van der Waals surface area (Å²) in [6.45, 7) is 0. The number of pyridine rings is 1. The van der Waals surface area contributed by atoms with Crippen LogP contribution in [0.2, 0.25) is 5.02 Å². The van der Waals surface area contributed by atoms with E-state index >= 15 is 0 Å². The zero-order valence-electron chi connectivity index (χ0n) is 17.4. The molecule has 0 aliphatic carbocycles. The number of hydrogen-bond acceptors (Lipinski definition) is 5. The lowest BCUT2D eigenvalue weighted by atomic mass is 10.0. The summed E-state index contributed by atoms with van der Waals surface area (Å²) in [5.41, 5.74) is 1.25. The van der Waals surface area contributed by atoms with Gasteiger partial charge in [0, 0.05) is 35.2 Å². The number of methoxy groups -OCH3 is 2. The van der Waals surface area contributed by atoms with Crippen molar-refractivity contribution in [3.05, 3.63) is 88.8 Å². The molecule has 1 heterocycles. The van der Waals surface area contributed by atoms with Gasteiger partial charge in [-0.05, 0) is 35.9 Å². The Kier molecular flexibility index (Phi) is 6.23. The molecule has 4 rings (SSSR count). The second kappa shape index (κ2) is 9.24. The summed E-state index contributed by atoms with van der Waals surface area (Å²) in [4.78, 5) is 16.9. The number of halogens is 2. The van der Waals surface area contributed by atoms with Crippen LogP contribution >= 0.6 is 11.6 Å². The van der Waals surface area contributed by atoms with Crippen LogP contribution in [-0.4, -0.2) is 25.0 Å². The normalized spacial score (nSPS) is 10.8. The highest BCUT2D eigenvalue weighted by Gasteiger charge is 2.16. The lowest BCUT2D eigenvalue weighted by Crippen LogP contribution is -2.06. The van der Waals surface area contributed by atoms with Gasteiger partial charge < -0.3 is 14.2 Å². The van der Waals surface area contributed by atoms with Crippen LogP contribution in [0.1, 0.15) is 15.9 Å². The summed E-state index contributed by atoms with van der Waals surface area (Å²) >= 11 is 6.11. The second-order valence-corrected chi connectivity index (χ2v) is 7.38. The maximum Gasteiger partial charge on any atom is 0.170 e. The Labute approximate surface area is 189 Å². The van der Waals surface area contributed by atoms with Crippen LogP contribution in [0.25, 0.3) is 10.9 Å². The van der Waals surface area contributed by atoms with E-state index in [2.05, 4.69) is 4.98 Å². The fraction of sp³-hybridized carbons (Fsp3) is 0.120. The molecule has 0 saturated carbocycles. The molecule has 0 aliphatic rings. The third-order valence-corrected chi connectivity index (χ3v) is 5.35. The average Bonchev–Trinajstić information content (AvgIpc) is 2.80. The van der Waals surface area contributed by atoms with Gasteiger partial charge in [0.25, 0.3) is 0 Å². The lowest BCUT2D eigenvalue weighted by molar-refractivity contribution is 0.0989. The zero-order chi connectivity index (χ0) is 22.7. The summed E-state index contributed by atoms with van der Waals surface area (Å²) in [5, 5.41) is 1.14. The van der Waals surface area contributed by atoms with Gasteiger partial charge in [-0.2, -0.15) is 0 Å². The monoisotopic (exact) mass is 451 g/mol. The van der Waals surface area contributed by atoms with Crippen molar-refractivity contribution in [2.45, 2.75) is 6.42 Å². The van der Waals surface area contributed by atoms with Crippen molar-refractivity contribution < 1.29 is 23.4 Å². The third-order valence-electron chi connectivity index (χ3n) is 4.98. The summed E-state index contributed by atoms with van der Waals surface area (Å²) in [6.07, 6.45) is 1.59. The Bertz CT molecular complexity index is 1310. The molecule has 0 atom stereocenters. The molecule has 5 nitrogen and oxygen atoms in total. The first-order chi connectivity index (χ1) is 15.5. The molecule has 7 heteroatoms. The van der Waals surface area contributed by atoms with Gasteiger partial charge in [-0.1, -0.05) is 29.8 Å². The summed E-state index contributed by atoms with van der Waals surface area (Å²) in [5.74, 6) is 0.733. The highest BCUT2D eigenvalue weighted by molar-refractivity contribution is 6.31. The van der Waals surface area contributed by atoms with E-state index in [1.165, 1.54) is 19.2 Å². The summed E-state index contributed by atoms with van der Waals surface area (Å²) in [6, 6.07) is 16.3. The average molecular weight is 452 g/mol. The quantitative estimate of drug-likeness (QED) is 0.310. The van der Waals surface area contributed by atoms with E-state index in [1.807, 2.05) is 0 Å². The van der Waals surface area contributed by atoms with Crippen molar-refractivity contribution in [3.8, 4) is 23.0 Å². The molecule has 0 fully saturated rings. The van der Waals surface area contributed by atoms with Crippen LogP contribution in [0, 0.1) is 5.82 Å². The summed E-state index contributed by atoms with van der Waals surface area (Å²) < 4.78 is 31.3. The predicted octanol–water partition coefficient (Wildman–Crippen LogP) is 6.26. The number of aromatic nitrogens is 1. The van der Waals surface area contributed by atoms with E-state index in [-0.39, 0.29) is 23.5 Å². The molecule has 0 amide bonds. The van der Waals surface area contributed by atoms with Crippen molar-refractivity contribution in [2.75, 3.05) is 14.2 Å². The molecular formula is C25H19ClFNO4. The molecule has 162 valence electrons. The highest BCUT2D eigenvalue weighted by atomic mass is 35.5. The number of ether oxygens (including phenoxy) is 3. The minimum atomic E-state index is -0.669. The molecule has 0 aliphatic heterocycles. The molecule has 0 spiro atoms. The molecule has 0 saturated heterocycles. The Morgan fingerprint density at radius 1 is 0.969 bits per heavy atom. The van der Waals surface area contributed by atoms with Gasteiger partial charge in [-0.25, -0.2) is 4.39 Å². The molecule has 3 aromatic carbocycles. The van der Waals surface area contributed by atoms with Gasteiger partial charge in [0.15, 0.2) is 17.3 Å². The largest absolute Gasteiger partial charge is 0.493 e. The van der Waals surface area contributed by atoms with Gasteiger partial charge in [0.1, 0.15) is 17.3 Å². The molecule has 0 radical (unpaired) electrons. The van der Waals surface area contributed by atoms with Gasteiger partial charge in [-0.3, -0.25) is 9.78 Å². The Hall–Kier alpha value is -3.64. The second-order valence-electron chi connectivity index (χ2n) is 6.97. The zero-order valence-corrected chi connectivity index (χ0v) is 18.2. The number of Topliss-reactive ketones (excluding diaryl/α,β-unsaturated/α-hetero) is 1. The Balaban J connectivity index is 1.61. The van der Waals surface area contributed by atoms with E-state index in [4.69, 9.17) is 25.8 Å². The minimum absolute atomic E-state index is 0.00736. The number of rotatable bonds is 7. The molecule has 0 N–H and O–H groups in total. The maximum atomic E-state index is 14.8. The van der Waals surface area contributed by atoms with Gasteiger partial charge in [0.05, 0.1) is 25.3 Å². The summed E-state index contributed by atoms with van der Waals surface area (Å²) in [7, 11) is 3.08. The van der Waals surface area contributed by atoms with Gasteiger partial charge in [0.2, 0.25) is 0 Å². The van der Waals surface area contributed by atoms with Crippen LogP contribution in [0.4, 0.5) is 4.39 Å². The van der Waals surface area contributed by atoms with Crippen LogP contribution in [0.15, 0.2) is 66.9 Å². The lowest BCUT2D eigenvalue weighted by Gasteiger charge is -2.13. The smallest absolute Gasteiger partial charge is 0.170 e. The molecule has 1 aromatic heterocycles. The van der Waals surface area contributed by atoms with E-state index in [1.54, 1.807) is 61.8 Å². The number of hydrogen-bond donors (Lipinski definition) is 0. The molecule has 0 bridgehead atoms. The number of benzene rings is 3. The van der Waals surface area contributed by atoms with Crippen molar-refractivity contribution in [1.82, 2.24) is 4.98 Å². The van der Waals surface area contributed by atoms with E-state index in [9.17, 15) is 9.18 Å². The van der Waals surface area contributed by atoms with Gasteiger partial charge in [-0.15, -0.1) is 0 Å². The van der Waals surface area contributed by atoms with Gasteiger partial charge >= 0.3 is 0 Å². The third kappa shape index (κ3) is 4.36. The molecule has 32 heavy (non-hydrogen) atoms. The van der Waals surface area contributed by atoms with E-state index < -0.39 is 5.82 Å². The first-order valence-electron chi connectivity index (χ1n) is 9.75. The number of nitrogens with zero attached hydrogens (tertiary/aromatic N) is 1. The van der Waals surface area contributed by atoms with Crippen LogP contribution < -0.4 is 14.2 Å². The van der Waals surface area contributed by atoms with Crippen LogP contribution in [0.3, 0.4) is 0 Å². The SMILES string of the molecule is COc1cc2nccc(Oc3ccc(C(=O)Cc4ccccc4Cl)c(F)c3)c2cc1OC. The topological polar surface area (TPSA) is 57.7 Å². The van der Waals surface area contributed by atoms with E-state index in [0.29, 0.717) is 38.7 Å². The van der Waals surface area contributed by atoms with E-state index in [0.717, 1.165) is 0 Å². The van der Waals surface area contributed by atoms with Crippen molar-refractivity contribution >= 4 is 28.3 Å². The highest BCUT2D eigenvalue weighted by Crippen LogP contribution is 2.37. The number of fused-ring (bicyclic) bond motifs is 1. The molecular weight excluding hydrogens is 433 g/mol. The number of carbonyl (C=O) groups is 1. The fourth-order valence-corrected chi connectivity index (χ4v) is 3.56. The first-order valence-corrected chi connectivity index (χ1v) is 10.1. The maximum absolute atomic E-state index is 14.8. The van der Waals surface area contributed by atoms with Crippen LogP contribution in [-0.2, 0) is 6.42 Å². The number of carbonyl (C=O) groups excluding carboxylic acids is 1. The Morgan fingerprint density at radius 3 is 2.44 bits per heavy atom. The minimum Gasteiger partial charge on any atom is -0.493 e. The van der Waals surface area contributed by atoms with Crippen molar-refractivity contribution in [1.29, 1.82) is 0 Å². The predicted molar refractivity (Wildman–Crippen MR) is 121 cm³/mol. The molecule has 4 aromatic rings. The van der Waals surface area contributed by atoms with Crippen LogP contribution in [0.5, 0.6) is 23.0 Å². The number of ketones is 1.